The number of allylic oxidation sites excluding steroid dienone is 22. The van der Waals surface area contributed by atoms with Crippen LogP contribution >= 0.6 is 0 Å². The lowest BCUT2D eigenvalue weighted by molar-refractivity contribution is -0.166. The molecule has 0 aliphatic carbocycles. The number of unbranched alkanes of at least 4 members (excludes halogenated alkanes) is 24. The van der Waals surface area contributed by atoms with Crippen LogP contribution in [0.5, 0.6) is 0 Å². The van der Waals surface area contributed by atoms with Crippen LogP contribution in [0.25, 0.3) is 0 Å². The number of esters is 3. The molecule has 0 aromatic carbocycles. The van der Waals surface area contributed by atoms with Crippen LogP contribution in [0.15, 0.2) is 134 Å². The molecule has 1 unspecified atom stereocenters. The molecule has 0 fully saturated rings. The van der Waals surface area contributed by atoms with Crippen molar-refractivity contribution in [2.24, 2.45) is 0 Å². The molecule has 0 bridgehead atoms. The van der Waals surface area contributed by atoms with Gasteiger partial charge in [0.25, 0.3) is 0 Å². The highest BCUT2D eigenvalue weighted by Gasteiger charge is 2.19. The number of hydrogen-bond acceptors (Lipinski definition) is 6. The molecular weight excluding hydrogens is 961 g/mol. The molecule has 0 rings (SSSR count). The highest BCUT2D eigenvalue weighted by atomic mass is 16.6. The zero-order chi connectivity index (χ0) is 56.4. The number of carbonyl (C=O) groups is 3. The van der Waals surface area contributed by atoms with E-state index in [4.69, 9.17) is 14.2 Å². The molecule has 0 N–H and O–H groups in total. The van der Waals surface area contributed by atoms with Crippen molar-refractivity contribution in [2.45, 2.75) is 290 Å². The van der Waals surface area contributed by atoms with Crippen LogP contribution in [0.4, 0.5) is 0 Å². The van der Waals surface area contributed by atoms with E-state index in [1.165, 1.54) is 116 Å². The van der Waals surface area contributed by atoms with Crippen LogP contribution in [0.3, 0.4) is 0 Å². The maximum absolute atomic E-state index is 12.8. The van der Waals surface area contributed by atoms with Gasteiger partial charge >= 0.3 is 17.9 Å². The Morgan fingerprint density at radius 2 is 0.526 bits per heavy atom. The van der Waals surface area contributed by atoms with E-state index in [1.54, 1.807) is 0 Å². The van der Waals surface area contributed by atoms with E-state index in [2.05, 4.69) is 148 Å². The van der Waals surface area contributed by atoms with Gasteiger partial charge in [0.2, 0.25) is 0 Å². The maximum atomic E-state index is 12.8. The Morgan fingerprint density at radius 1 is 0.269 bits per heavy atom. The van der Waals surface area contributed by atoms with Crippen molar-refractivity contribution in [3.05, 3.63) is 134 Å². The first-order valence-corrected chi connectivity index (χ1v) is 32.2. The van der Waals surface area contributed by atoms with Crippen molar-refractivity contribution in [1.82, 2.24) is 0 Å². The number of ether oxygens (including phenoxy) is 3. The minimum Gasteiger partial charge on any atom is -0.462 e. The van der Waals surface area contributed by atoms with Gasteiger partial charge in [-0.05, 0) is 116 Å². The fraction of sp³-hybridized carbons (Fsp3) is 0.653. The maximum Gasteiger partial charge on any atom is 0.306 e. The fourth-order valence-corrected chi connectivity index (χ4v) is 8.64. The third-order valence-corrected chi connectivity index (χ3v) is 13.4. The predicted molar refractivity (Wildman–Crippen MR) is 339 cm³/mol. The van der Waals surface area contributed by atoms with Gasteiger partial charge in [-0.2, -0.15) is 0 Å². The quantitative estimate of drug-likeness (QED) is 0.0261. The number of rotatable bonds is 57. The lowest BCUT2D eigenvalue weighted by Crippen LogP contribution is -2.30. The van der Waals surface area contributed by atoms with Gasteiger partial charge in [-0.3, -0.25) is 14.4 Å². The van der Waals surface area contributed by atoms with Gasteiger partial charge in [-0.15, -0.1) is 0 Å². The van der Waals surface area contributed by atoms with Crippen LogP contribution in [0.1, 0.15) is 284 Å². The monoisotopic (exact) mass is 1080 g/mol. The minimum atomic E-state index is -0.824. The summed E-state index contributed by atoms with van der Waals surface area (Å²) in [6.07, 6.45) is 92.1. The zero-order valence-electron chi connectivity index (χ0n) is 50.6. The van der Waals surface area contributed by atoms with Gasteiger partial charge in [-0.1, -0.05) is 283 Å². The molecule has 6 nitrogen and oxygen atoms in total. The van der Waals surface area contributed by atoms with Crippen molar-refractivity contribution >= 4 is 17.9 Å². The Bertz CT molecular complexity index is 1670. The van der Waals surface area contributed by atoms with E-state index in [0.717, 1.165) is 122 Å². The lowest BCUT2D eigenvalue weighted by Gasteiger charge is -2.18. The molecule has 0 radical (unpaired) electrons. The van der Waals surface area contributed by atoms with E-state index in [0.29, 0.717) is 19.3 Å². The van der Waals surface area contributed by atoms with E-state index < -0.39 is 12.1 Å². The molecular formula is C72H118O6. The molecule has 0 aromatic rings. The molecule has 0 spiro atoms. The van der Waals surface area contributed by atoms with Crippen molar-refractivity contribution in [3.63, 3.8) is 0 Å². The summed E-state index contributed by atoms with van der Waals surface area (Å²) in [6, 6.07) is 0. The Morgan fingerprint density at radius 3 is 0.846 bits per heavy atom. The van der Waals surface area contributed by atoms with Crippen molar-refractivity contribution in [2.75, 3.05) is 13.2 Å². The van der Waals surface area contributed by atoms with Crippen LogP contribution < -0.4 is 0 Å². The van der Waals surface area contributed by atoms with Crippen LogP contribution in [0.2, 0.25) is 0 Å². The van der Waals surface area contributed by atoms with Crippen molar-refractivity contribution < 1.29 is 28.6 Å². The van der Waals surface area contributed by atoms with Gasteiger partial charge in [0.1, 0.15) is 13.2 Å². The summed E-state index contributed by atoms with van der Waals surface area (Å²) in [4.78, 5) is 38.2. The smallest absolute Gasteiger partial charge is 0.306 e. The number of hydrogen-bond donors (Lipinski definition) is 0. The molecule has 0 amide bonds. The Balaban J connectivity index is 4.24. The first kappa shape index (κ1) is 73.5. The number of carbonyl (C=O) groups excluding carboxylic acids is 3. The van der Waals surface area contributed by atoms with E-state index in [9.17, 15) is 14.4 Å². The molecule has 1 atom stereocenters. The molecule has 0 aliphatic rings. The molecule has 6 heteroatoms. The summed E-state index contributed by atoms with van der Waals surface area (Å²) in [5.41, 5.74) is 0. The summed E-state index contributed by atoms with van der Waals surface area (Å²) in [5, 5.41) is 0. The molecule has 0 heterocycles. The van der Waals surface area contributed by atoms with Gasteiger partial charge in [0, 0.05) is 19.3 Å². The standard InChI is InChI=1S/C72H118O6/c1-4-7-10-13-16-19-22-24-26-28-30-31-32-33-34-35-36-37-38-39-40-41-43-44-46-48-50-53-56-59-62-65-71(74)77-68-69(67-76-70(73)64-61-58-55-52-21-18-15-12-9-6-3)78-72(75)66-63-60-57-54-51-49-47-45-42-29-27-25-23-20-17-14-11-8-5-2/h7-8,10-12,15-17,19-20,24-27,30-31,42,45,49,51,57,60,69H,4-6,9,13-14,18,21-23,28-29,32-41,43-44,46-48,50,52-56,58-59,61-68H2,1-3H3/b10-7-,11-8-,15-12-,19-16-,20-17-,26-24-,27-25-,31-30-,45-42-,51-49-,60-57-. The van der Waals surface area contributed by atoms with Gasteiger partial charge in [0.05, 0.1) is 0 Å². The normalized spacial score (nSPS) is 13.0. The van der Waals surface area contributed by atoms with Crippen LogP contribution in [0, 0.1) is 0 Å². The van der Waals surface area contributed by atoms with Gasteiger partial charge in [0.15, 0.2) is 6.10 Å². The summed E-state index contributed by atoms with van der Waals surface area (Å²) in [5.74, 6) is -1.01. The zero-order valence-corrected chi connectivity index (χ0v) is 50.6. The van der Waals surface area contributed by atoms with Crippen LogP contribution in [-0.4, -0.2) is 37.2 Å². The average molecular weight is 1080 g/mol. The molecule has 0 saturated carbocycles. The van der Waals surface area contributed by atoms with E-state index in [-0.39, 0.29) is 31.6 Å². The first-order valence-electron chi connectivity index (χ1n) is 32.2. The lowest BCUT2D eigenvalue weighted by atomic mass is 10.0. The van der Waals surface area contributed by atoms with E-state index in [1.807, 2.05) is 6.08 Å². The first-order chi connectivity index (χ1) is 38.5. The molecule has 78 heavy (non-hydrogen) atoms. The summed E-state index contributed by atoms with van der Waals surface area (Å²) >= 11 is 0. The van der Waals surface area contributed by atoms with Gasteiger partial charge in [-0.25, -0.2) is 0 Å². The summed E-state index contributed by atoms with van der Waals surface area (Å²) in [7, 11) is 0. The predicted octanol–water partition coefficient (Wildman–Crippen LogP) is 22.2. The van der Waals surface area contributed by atoms with Crippen molar-refractivity contribution in [1.29, 1.82) is 0 Å². The Labute approximate surface area is 481 Å². The topological polar surface area (TPSA) is 78.9 Å². The highest BCUT2D eigenvalue weighted by molar-refractivity contribution is 5.71. The minimum absolute atomic E-state index is 0.112. The van der Waals surface area contributed by atoms with E-state index >= 15 is 0 Å². The second kappa shape index (κ2) is 65.1. The third-order valence-electron chi connectivity index (χ3n) is 13.4. The molecule has 442 valence electrons. The molecule has 0 aromatic heterocycles. The highest BCUT2D eigenvalue weighted by Crippen LogP contribution is 2.16. The Hall–Kier alpha value is -4.45. The fourth-order valence-electron chi connectivity index (χ4n) is 8.64. The second-order valence-corrected chi connectivity index (χ2v) is 20.9. The summed E-state index contributed by atoms with van der Waals surface area (Å²) < 4.78 is 16.8. The second-order valence-electron chi connectivity index (χ2n) is 20.9. The molecule has 0 saturated heterocycles. The Kier molecular flexibility index (Phi) is 61.4. The molecule has 0 aliphatic heterocycles. The van der Waals surface area contributed by atoms with Gasteiger partial charge < -0.3 is 14.2 Å². The third kappa shape index (κ3) is 62.4. The summed E-state index contributed by atoms with van der Waals surface area (Å²) in [6.45, 7) is 6.29. The van der Waals surface area contributed by atoms with Crippen LogP contribution in [-0.2, 0) is 28.6 Å². The van der Waals surface area contributed by atoms with Crippen molar-refractivity contribution in [3.8, 4) is 0 Å². The largest absolute Gasteiger partial charge is 0.462 e. The average Bonchev–Trinajstić information content (AvgIpc) is 3.44. The SMILES string of the molecule is CC/C=C\C/C=C\C/C=C\C/C=C\C/C=C\C/C=C\CCC(=O)OC(COC(=O)CCCCCCC/C=C\CCC)COC(=O)CCCCCCCCCCCCCCCCCCCC/C=C\C/C=C\C/C=C\C/C=C\CC.